The topological polar surface area (TPSA) is 79.4 Å². The van der Waals surface area contributed by atoms with Gasteiger partial charge in [0.25, 0.3) is 5.91 Å². The Morgan fingerprint density at radius 1 is 1.40 bits per heavy atom. The Hall–Kier alpha value is -1.77. The molecule has 1 aromatic heterocycles. The first-order valence-corrected chi connectivity index (χ1v) is 11.0. The maximum absolute atomic E-state index is 12.5. The summed E-state index contributed by atoms with van der Waals surface area (Å²) in [6.07, 6.45) is 2.08. The molecule has 0 bridgehead atoms. The number of carbonyl (C=O) groups is 1. The van der Waals surface area contributed by atoms with Crippen molar-refractivity contribution in [2.75, 3.05) is 24.7 Å². The molecule has 2 heterocycles. The number of anilines is 1. The number of hydrogen-bond acceptors (Lipinski definition) is 6. The summed E-state index contributed by atoms with van der Waals surface area (Å²) in [5.74, 6) is -0.346. The molecule has 1 aromatic carbocycles. The van der Waals surface area contributed by atoms with E-state index in [0.717, 1.165) is 31.7 Å². The fraction of sp³-hybridized carbons (Fsp3) is 0.412. The Morgan fingerprint density at radius 3 is 2.92 bits per heavy atom. The number of thiazole rings is 1. The SMILES string of the molecule is CCN1CCc2nc(NC(=O)c3cccc(CS(C)(=O)=O)c3)sc2C1. The number of likely N-dealkylation sites (N-methyl/N-ethyl adjacent to an activating group) is 1. The quantitative estimate of drug-likeness (QED) is 0.862. The zero-order valence-electron chi connectivity index (χ0n) is 14.3. The van der Waals surface area contributed by atoms with Gasteiger partial charge < -0.3 is 0 Å². The lowest BCUT2D eigenvalue weighted by Crippen LogP contribution is -2.29. The molecule has 0 aliphatic carbocycles. The fourth-order valence-electron chi connectivity index (χ4n) is 2.85. The number of carbonyl (C=O) groups excluding carboxylic acids is 1. The van der Waals surface area contributed by atoms with Crippen LogP contribution in [0.5, 0.6) is 0 Å². The Labute approximate surface area is 151 Å². The third-order valence-corrected chi connectivity index (χ3v) is 5.95. The smallest absolute Gasteiger partial charge is 0.257 e. The second-order valence-corrected chi connectivity index (χ2v) is 9.46. The largest absolute Gasteiger partial charge is 0.298 e. The molecular formula is C17H21N3O3S2. The second kappa shape index (κ2) is 7.23. The molecule has 3 rings (SSSR count). The third-order valence-electron chi connectivity index (χ3n) is 4.10. The molecule has 134 valence electrons. The molecule has 0 atom stereocenters. The summed E-state index contributed by atoms with van der Waals surface area (Å²) in [6, 6.07) is 6.69. The van der Waals surface area contributed by atoms with Gasteiger partial charge in [0.2, 0.25) is 0 Å². The van der Waals surface area contributed by atoms with E-state index in [9.17, 15) is 13.2 Å². The summed E-state index contributed by atoms with van der Waals surface area (Å²) in [4.78, 5) is 20.5. The van der Waals surface area contributed by atoms with Crippen molar-refractivity contribution in [3.05, 3.63) is 46.0 Å². The summed E-state index contributed by atoms with van der Waals surface area (Å²) < 4.78 is 22.8. The zero-order chi connectivity index (χ0) is 18.0. The van der Waals surface area contributed by atoms with Crippen molar-refractivity contribution in [2.24, 2.45) is 0 Å². The van der Waals surface area contributed by atoms with Crippen LogP contribution in [0.4, 0.5) is 5.13 Å². The van der Waals surface area contributed by atoms with Gasteiger partial charge in [-0.05, 0) is 24.2 Å². The summed E-state index contributed by atoms with van der Waals surface area (Å²) in [7, 11) is -3.14. The van der Waals surface area contributed by atoms with Crippen molar-refractivity contribution in [1.82, 2.24) is 9.88 Å². The third kappa shape index (κ3) is 4.65. The van der Waals surface area contributed by atoms with E-state index in [0.29, 0.717) is 16.3 Å². The molecule has 1 aliphatic rings. The molecular weight excluding hydrogens is 358 g/mol. The number of amides is 1. The van der Waals surface area contributed by atoms with Gasteiger partial charge in [0.05, 0.1) is 11.4 Å². The minimum Gasteiger partial charge on any atom is -0.298 e. The van der Waals surface area contributed by atoms with Gasteiger partial charge in [-0.3, -0.25) is 15.0 Å². The number of benzene rings is 1. The van der Waals surface area contributed by atoms with E-state index in [2.05, 4.69) is 22.1 Å². The van der Waals surface area contributed by atoms with Crippen LogP contribution in [0, 0.1) is 0 Å². The number of sulfone groups is 1. The fourth-order valence-corrected chi connectivity index (χ4v) is 4.68. The number of fused-ring (bicyclic) bond motifs is 1. The van der Waals surface area contributed by atoms with E-state index in [4.69, 9.17) is 0 Å². The number of aromatic nitrogens is 1. The Morgan fingerprint density at radius 2 is 2.20 bits per heavy atom. The molecule has 2 aromatic rings. The second-order valence-electron chi connectivity index (χ2n) is 6.23. The molecule has 0 radical (unpaired) electrons. The molecule has 0 saturated heterocycles. The molecule has 8 heteroatoms. The first-order valence-electron chi connectivity index (χ1n) is 8.13. The van der Waals surface area contributed by atoms with E-state index in [1.807, 2.05) is 0 Å². The standard InChI is InChI=1S/C17H21N3O3S2/c1-3-20-8-7-14-15(10-20)24-17(18-14)19-16(21)13-6-4-5-12(9-13)11-25(2,22)23/h4-6,9H,3,7-8,10-11H2,1-2H3,(H,18,19,21). The Balaban J connectivity index is 1.73. The van der Waals surface area contributed by atoms with E-state index in [-0.39, 0.29) is 11.7 Å². The van der Waals surface area contributed by atoms with Gasteiger partial charge in [0.15, 0.2) is 15.0 Å². The van der Waals surface area contributed by atoms with Crippen molar-refractivity contribution in [3.63, 3.8) is 0 Å². The van der Waals surface area contributed by atoms with Gasteiger partial charge in [-0.15, -0.1) is 11.3 Å². The van der Waals surface area contributed by atoms with Crippen LogP contribution in [-0.4, -0.2) is 43.6 Å². The summed E-state index contributed by atoms with van der Waals surface area (Å²) in [5.41, 5.74) is 2.10. The van der Waals surface area contributed by atoms with Gasteiger partial charge in [-0.2, -0.15) is 0 Å². The number of rotatable bonds is 5. The highest BCUT2D eigenvalue weighted by molar-refractivity contribution is 7.89. The molecule has 0 spiro atoms. The molecule has 0 saturated carbocycles. The molecule has 1 aliphatic heterocycles. The lowest BCUT2D eigenvalue weighted by atomic mass is 10.1. The van der Waals surface area contributed by atoms with Gasteiger partial charge >= 0.3 is 0 Å². The average Bonchev–Trinajstić information content (AvgIpc) is 2.94. The van der Waals surface area contributed by atoms with E-state index < -0.39 is 9.84 Å². The zero-order valence-corrected chi connectivity index (χ0v) is 15.9. The maximum Gasteiger partial charge on any atom is 0.257 e. The van der Waals surface area contributed by atoms with Gasteiger partial charge in [-0.1, -0.05) is 19.1 Å². The Bertz CT molecular complexity index is 890. The van der Waals surface area contributed by atoms with Crippen LogP contribution in [0.25, 0.3) is 0 Å². The Kier molecular flexibility index (Phi) is 5.21. The summed E-state index contributed by atoms with van der Waals surface area (Å²) >= 11 is 1.51. The van der Waals surface area contributed by atoms with Gasteiger partial charge in [0, 0.05) is 36.2 Å². The predicted molar refractivity (Wildman–Crippen MR) is 99.7 cm³/mol. The number of nitrogens with zero attached hydrogens (tertiary/aromatic N) is 2. The molecule has 25 heavy (non-hydrogen) atoms. The van der Waals surface area contributed by atoms with Crippen molar-refractivity contribution in [2.45, 2.75) is 25.6 Å². The molecule has 1 amide bonds. The van der Waals surface area contributed by atoms with Crippen molar-refractivity contribution in [3.8, 4) is 0 Å². The highest BCUT2D eigenvalue weighted by Crippen LogP contribution is 2.28. The van der Waals surface area contributed by atoms with E-state index in [1.165, 1.54) is 22.5 Å². The van der Waals surface area contributed by atoms with E-state index >= 15 is 0 Å². The minimum absolute atomic E-state index is 0.0769. The van der Waals surface area contributed by atoms with Crippen LogP contribution in [0.3, 0.4) is 0 Å². The van der Waals surface area contributed by atoms with Crippen LogP contribution < -0.4 is 5.32 Å². The van der Waals surface area contributed by atoms with Crippen molar-refractivity contribution < 1.29 is 13.2 Å². The average molecular weight is 380 g/mol. The lowest BCUT2D eigenvalue weighted by molar-refractivity contribution is 0.102. The van der Waals surface area contributed by atoms with Crippen LogP contribution in [0.15, 0.2) is 24.3 Å². The maximum atomic E-state index is 12.5. The highest BCUT2D eigenvalue weighted by atomic mass is 32.2. The highest BCUT2D eigenvalue weighted by Gasteiger charge is 2.20. The molecule has 1 N–H and O–H groups in total. The number of hydrogen-bond donors (Lipinski definition) is 1. The summed E-state index contributed by atoms with van der Waals surface area (Å²) in [5, 5.41) is 3.44. The van der Waals surface area contributed by atoms with Crippen molar-refractivity contribution >= 4 is 32.2 Å². The van der Waals surface area contributed by atoms with Crippen molar-refractivity contribution in [1.29, 1.82) is 0 Å². The minimum atomic E-state index is -3.14. The summed E-state index contributed by atoms with van der Waals surface area (Å²) in [6.45, 7) is 5.02. The number of nitrogens with one attached hydrogen (secondary N) is 1. The first-order chi connectivity index (χ1) is 11.8. The first kappa shape index (κ1) is 18.0. The van der Waals surface area contributed by atoms with Crippen LogP contribution >= 0.6 is 11.3 Å². The molecule has 6 nitrogen and oxygen atoms in total. The van der Waals surface area contributed by atoms with Crippen LogP contribution in [0.1, 0.15) is 33.4 Å². The lowest BCUT2D eigenvalue weighted by Gasteiger charge is -2.23. The van der Waals surface area contributed by atoms with Gasteiger partial charge in [0.1, 0.15) is 0 Å². The monoisotopic (exact) mass is 379 g/mol. The van der Waals surface area contributed by atoms with Crippen LogP contribution in [0.2, 0.25) is 0 Å². The molecule has 0 unspecified atom stereocenters. The van der Waals surface area contributed by atoms with Crippen LogP contribution in [-0.2, 0) is 28.6 Å². The van der Waals surface area contributed by atoms with E-state index in [1.54, 1.807) is 24.3 Å². The molecule has 0 fully saturated rings. The normalized spacial score (nSPS) is 15.0. The van der Waals surface area contributed by atoms with Gasteiger partial charge in [-0.25, -0.2) is 13.4 Å². The predicted octanol–water partition coefficient (Wildman–Crippen LogP) is 2.32.